The van der Waals surface area contributed by atoms with Crippen LogP contribution in [0.2, 0.25) is 0 Å². The van der Waals surface area contributed by atoms with Crippen molar-refractivity contribution in [2.45, 2.75) is 40.3 Å². The number of carbonyl (C=O) groups is 1. The van der Waals surface area contributed by atoms with E-state index in [-0.39, 0.29) is 5.91 Å². The van der Waals surface area contributed by atoms with Crippen molar-refractivity contribution in [1.82, 2.24) is 19.6 Å². The monoisotopic (exact) mass is 442 g/mol. The first kappa shape index (κ1) is 23.0. The molecule has 0 bridgehead atoms. The average Bonchev–Trinajstić information content (AvgIpc) is 2.96. The maximum atomic E-state index is 12.9. The number of rotatable bonds is 6. The summed E-state index contributed by atoms with van der Waals surface area (Å²) >= 11 is 0. The highest BCUT2D eigenvalue weighted by molar-refractivity contribution is 5.92. The number of hydrogen-bond acceptors (Lipinski definition) is 3. The van der Waals surface area contributed by atoms with Crippen molar-refractivity contribution >= 4 is 12.0 Å². The highest BCUT2D eigenvalue weighted by atomic mass is 16.2. The lowest BCUT2D eigenvalue weighted by atomic mass is 10.1. The van der Waals surface area contributed by atoms with Crippen LogP contribution in [0.4, 0.5) is 0 Å². The summed E-state index contributed by atoms with van der Waals surface area (Å²) in [6.07, 6.45) is 4.66. The van der Waals surface area contributed by atoms with Crippen molar-refractivity contribution in [2.24, 2.45) is 0 Å². The van der Waals surface area contributed by atoms with Gasteiger partial charge < -0.3 is 4.90 Å². The molecule has 0 saturated carbocycles. The molecule has 0 atom stereocenters. The number of benzene rings is 2. The zero-order valence-electron chi connectivity index (χ0n) is 20.0. The number of amides is 1. The Labute approximate surface area is 197 Å². The van der Waals surface area contributed by atoms with Gasteiger partial charge in [-0.2, -0.15) is 5.10 Å². The lowest BCUT2D eigenvalue weighted by Gasteiger charge is -2.21. The van der Waals surface area contributed by atoms with E-state index in [1.54, 1.807) is 6.08 Å². The molecule has 1 aliphatic rings. The second kappa shape index (κ2) is 10.6. The van der Waals surface area contributed by atoms with Gasteiger partial charge in [0.05, 0.1) is 12.2 Å². The van der Waals surface area contributed by atoms with E-state index in [0.29, 0.717) is 0 Å². The summed E-state index contributed by atoms with van der Waals surface area (Å²) in [5.41, 5.74) is 6.88. The van der Waals surface area contributed by atoms with Gasteiger partial charge in [-0.05, 0) is 44.4 Å². The van der Waals surface area contributed by atoms with Crippen LogP contribution in [0, 0.1) is 20.8 Å². The number of carbonyl (C=O) groups excluding carboxylic acids is 1. The molecular formula is C28H34N4O. The SMILES string of the molecule is Cc1ccc(Cn2nc(C)c(/C=C/C(=O)N3CCCN(Cc4ccccc4)CC3)c2C)cc1. The third kappa shape index (κ3) is 5.99. The Morgan fingerprint density at radius 3 is 2.36 bits per heavy atom. The first-order valence-corrected chi connectivity index (χ1v) is 11.8. The molecule has 33 heavy (non-hydrogen) atoms. The Morgan fingerprint density at radius 2 is 1.61 bits per heavy atom. The van der Waals surface area contributed by atoms with Gasteiger partial charge in [-0.25, -0.2) is 0 Å². The van der Waals surface area contributed by atoms with Crippen LogP contribution in [0.1, 0.15) is 40.1 Å². The molecule has 5 heteroatoms. The standard InChI is InChI=1S/C28H34N4O/c1-22-10-12-26(13-11-22)21-32-24(3)27(23(2)29-32)14-15-28(33)31-17-7-16-30(18-19-31)20-25-8-5-4-6-9-25/h4-6,8-15H,7,16-21H2,1-3H3/b15-14+. The molecule has 1 aromatic heterocycles. The van der Waals surface area contributed by atoms with Gasteiger partial charge >= 0.3 is 0 Å². The van der Waals surface area contributed by atoms with Gasteiger partial charge in [-0.3, -0.25) is 14.4 Å². The molecule has 4 rings (SSSR count). The molecule has 2 heterocycles. The quantitative estimate of drug-likeness (QED) is 0.524. The topological polar surface area (TPSA) is 41.4 Å². The molecule has 5 nitrogen and oxygen atoms in total. The van der Waals surface area contributed by atoms with E-state index in [2.05, 4.69) is 67.3 Å². The first-order valence-electron chi connectivity index (χ1n) is 11.8. The molecule has 0 spiro atoms. The highest BCUT2D eigenvalue weighted by Crippen LogP contribution is 2.17. The van der Waals surface area contributed by atoms with Crippen molar-refractivity contribution in [3.05, 3.63) is 94.3 Å². The summed E-state index contributed by atoms with van der Waals surface area (Å²) in [4.78, 5) is 17.4. The smallest absolute Gasteiger partial charge is 0.246 e. The zero-order chi connectivity index (χ0) is 23.2. The molecule has 0 aliphatic carbocycles. The molecule has 1 saturated heterocycles. The van der Waals surface area contributed by atoms with E-state index in [4.69, 9.17) is 5.10 Å². The van der Waals surface area contributed by atoms with E-state index in [1.807, 2.05) is 28.6 Å². The molecule has 0 N–H and O–H groups in total. The van der Waals surface area contributed by atoms with Gasteiger partial charge in [0.15, 0.2) is 0 Å². The van der Waals surface area contributed by atoms with Gasteiger partial charge in [-0.15, -0.1) is 0 Å². The molecule has 3 aromatic rings. The number of aromatic nitrogens is 2. The maximum Gasteiger partial charge on any atom is 0.246 e. The molecule has 0 unspecified atom stereocenters. The largest absolute Gasteiger partial charge is 0.338 e. The summed E-state index contributed by atoms with van der Waals surface area (Å²) in [7, 11) is 0. The summed E-state index contributed by atoms with van der Waals surface area (Å²) in [5, 5.41) is 4.72. The maximum absolute atomic E-state index is 12.9. The van der Waals surface area contributed by atoms with E-state index in [0.717, 1.165) is 62.6 Å². The zero-order valence-corrected chi connectivity index (χ0v) is 20.0. The third-order valence-corrected chi connectivity index (χ3v) is 6.43. The average molecular weight is 443 g/mol. The number of hydrogen-bond donors (Lipinski definition) is 0. The van der Waals surface area contributed by atoms with Crippen molar-refractivity contribution in [3.63, 3.8) is 0 Å². The molecule has 172 valence electrons. The summed E-state index contributed by atoms with van der Waals surface area (Å²) in [5.74, 6) is 0.0849. The fraction of sp³-hybridized carbons (Fsp3) is 0.357. The molecule has 1 fully saturated rings. The predicted molar refractivity (Wildman–Crippen MR) is 134 cm³/mol. The minimum Gasteiger partial charge on any atom is -0.338 e. The van der Waals surface area contributed by atoms with Crippen molar-refractivity contribution < 1.29 is 4.79 Å². The van der Waals surface area contributed by atoms with Crippen LogP contribution in [-0.4, -0.2) is 51.7 Å². The molecule has 2 aromatic carbocycles. The Morgan fingerprint density at radius 1 is 0.879 bits per heavy atom. The summed E-state index contributed by atoms with van der Waals surface area (Å²) in [6, 6.07) is 19.1. The van der Waals surface area contributed by atoms with Crippen molar-refractivity contribution in [3.8, 4) is 0 Å². The lowest BCUT2D eigenvalue weighted by Crippen LogP contribution is -2.34. The molecule has 1 aliphatic heterocycles. The summed E-state index contributed by atoms with van der Waals surface area (Å²) in [6.45, 7) is 11.3. The molecule has 0 radical (unpaired) electrons. The van der Waals surface area contributed by atoms with E-state index in [9.17, 15) is 4.79 Å². The predicted octanol–water partition coefficient (Wildman–Crippen LogP) is 4.60. The van der Waals surface area contributed by atoms with Crippen LogP contribution in [0.25, 0.3) is 6.08 Å². The molecular weight excluding hydrogens is 408 g/mol. The Kier molecular flexibility index (Phi) is 7.40. The minimum absolute atomic E-state index is 0.0849. The summed E-state index contributed by atoms with van der Waals surface area (Å²) < 4.78 is 2.03. The van der Waals surface area contributed by atoms with Crippen LogP contribution < -0.4 is 0 Å². The first-order chi connectivity index (χ1) is 16.0. The highest BCUT2D eigenvalue weighted by Gasteiger charge is 2.18. The van der Waals surface area contributed by atoms with Crippen LogP contribution in [0.3, 0.4) is 0 Å². The van der Waals surface area contributed by atoms with Gasteiger partial charge in [0.2, 0.25) is 5.91 Å². The van der Waals surface area contributed by atoms with Crippen LogP contribution in [0.15, 0.2) is 60.7 Å². The number of aryl methyl sites for hydroxylation is 2. The van der Waals surface area contributed by atoms with Crippen LogP contribution in [0.5, 0.6) is 0 Å². The fourth-order valence-corrected chi connectivity index (χ4v) is 4.42. The van der Waals surface area contributed by atoms with Gasteiger partial charge in [0.25, 0.3) is 0 Å². The fourth-order valence-electron chi connectivity index (χ4n) is 4.42. The normalized spacial score (nSPS) is 15.2. The molecule has 1 amide bonds. The van der Waals surface area contributed by atoms with Crippen molar-refractivity contribution in [2.75, 3.05) is 26.2 Å². The number of nitrogens with zero attached hydrogens (tertiary/aromatic N) is 4. The minimum atomic E-state index is 0.0849. The van der Waals surface area contributed by atoms with Gasteiger partial charge in [-0.1, -0.05) is 60.2 Å². The van der Waals surface area contributed by atoms with E-state index < -0.39 is 0 Å². The van der Waals surface area contributed by atoms with Crippen LogP contribution >= 0.6 is 0 Å². The van der Waals surface area contributed by atoms with Gasteiger partial charge in [0, 0.05) is 50.1 Å². The van der Waals surface area contributed by atoms with E-state index >= 15 is 0 Å². The Balaban J connectivity index is 1.37. The van der Waals surface area contributed by atoms with Crippen LogP contribution in [-0.2, 0) is 17.9 Å². The van der Waals surface area contributed by atoms with Crippen molar-refractivity contribution in [1.29, 1.82) is 0 Å². The lowest BCUT2D eigenvalue weighted by molar-refractivity contribution is -0.125. The second-order valence-corrected chi connectivity index (χ2v) is 9.00. The Hall–Kier alpha value is -3.18. The van der Waals surface area contributed by atoms with E-state index in [1.165, 1.54) is 16.7 Å². The van der Waals surface area contributed by atoms with Gasteiger partial charge in [0.1, 0.15) is 0 Å². The Bertz CT molecular complexity index is 1100. The third-order valence-electron chi connectivity index (χ3n) is 6.43. The second-order valence-electron chi connectivity index (χ2n) is 9.00.